The molecule has 2 rings (SSSR count). The van der Waals surface area contributed by atoms with E-state index in [0.29, 0.717) is 6.42 Å². The highest BCUT2D eigenvalue weighted by atomic mass is 32.1. The molecule has 1 atom stereocenters. The SMILES string of the molecule is CC(NC(=O)CCCCc1nc2ccccc2s1)C(N)=O. The Hall–Kier alpha value is -1.95. The van der Waals surface area contributed by atoms with Gasteiger partial charge in [-0.15, -0.1) is 11.3 Å². The van der Waals surface area contributed by atoms with Gasteiger partial charge < -0.3 is 11.1 Å². The van der Waals surface area contributed by atoms with E-state index in [0.717, 1.165) is 29.8 Å². The monoisotopic (exact) mass is 305 g/mol. The lowest BCUT2D eigenvalue weighted by Crippen LogP contribution is -2.42. The van der Waals surface area contributed by atoms with E-state index in [1.807, 2.05) is 18.2 Å². The average molecular weight is 305 g/mol. The number of carbonyl (C=O) groups is 2. The standard InChI is InChI=1S/C15H19N3O2S/c1-10(15(16)20)17-13(19)8-4-5-9-14-18-11-6-2-3-7-12(11)21-14/h2-3,6-7,10H,4-5,8-9H2,1H3,(H2,16,20)(H,17,19). The van der Waals surface area contributed by atoms with E-state index in [-0.39, 0.29) is 5.91 Å². The average Bonchev–Trinajstić information content (AvgIpc) is 2.86. The first kappa shape index (κ1) is 15.4. The predicted octanol–water partition coefficient (Wildman–Crippen LogP) is 2.00. The summed E-state index contributed by atoms with van der Waals surface area (Å²) in [7, 11) is 0. The number of benzene rings is 1. The summed E-state index contributed by atoms with van der Waals surface area (Å²) >= 11 is 1.70. The molecule has 0 radical (unpaired) electrons. The van der Waals surface area contributed by atoms with Crippen molar-refractivity contribution in [2.45, 2.75) is 38.6 Å². The van der Waals surface area contributed by atoms with Crippen molar-refractivity contribution in [3.8, 4) is 0 Å². The number of aryl methyl sites for hydroxylation is 1. The number of para-hydroxylation sites is 1. The maximum absolute atomic E-state index is 11.6. The van der Waals surface area contributed by atoms with E-state index < -0.39 is 11.9 Å². The molecule has 1 heterocycles. The zero-order valence-corrected chi connectivity index (χ0v) is 12.8. The number of nitrogens with one attached hydrogen (secondary N) is 1. The summed E-state index contributed by atoms with van der Waals surface area (Å²) in [4.78, 5) is 27.0. The lowest BCUT2D eigenvalue weighted by Gasteiger charge is -2.09. The molecule has 0 bridgehead atoms. The zero-order valence-electron chi connectivity index (χ0n) is 12.0. The summed E-state index contributed by atoms with van der Waals surface area (Å²) in [5, 5.41) is 3.67. The molecule has 0 saturated carbocycles. The highest BCUT2D eigenvalue weighted by Gasteiger charge is 2.11. The van der Waals surface area contributed by atoms with E-state index >= 15 is 0 Å². The number of fused-ring (bicyclic) bond motifs is 1. The highest BCUT2D eigenvalue weighted by Crippen LogP contribution is 2.22. The molecule has 112 valence electrons. The van der Waals surface area contributed by atoms with Crippen molar-refractivity contribution in [2.24, 2.45) is 5.73 Å². The number of nitrogens with zero attached hydrogens (tertiary/aromatic N) is 1. The van der Waals surface area contributed by atoms with E-state index in [4.69, 9.17) is 5.73 Å². The molecule has 1 unspecified atom stereocenters. The fourth-order valence-electron chi connectivity index (χ4n) is 1.97. The normalized spacial score (nSPS) is 12.2. The van der Waals surface area contributed by atoms with Crippen molar-refractivity contribution in [1.29, 1.82) is 0 Å². The lowest BCUT2D eigenvalue weighted by atomic mass is 10.2. The Morgan fingerprint density at radius 2 is 2.10 bits per heavy atom. The fourth-order valence-corrected chi connectivity index (χ4v) is 2.98. The van der Waals surface area contributed by atoms with Gasteiger partial charge in [0, 0.05) is 6.42 Å². The van der Waals surface area contributed by atoms with Gasteiger partial charge >= 0.3 is 0 Å². The molecule has 2 aromatic rings. The van der Waals surface area contributed by atoms with Crippen LogP contribution in [0.3, 0.4) is 0 Å². The van der Waals surface area contributed by atoms with Crippen LogP contribution in [-0.4, -0.2) is 22.8 Å². The quantitative estimate of drug-likeness (QED) is 0.767. The van der Waals surface area contributed by atoms with Gasteiger partial charge in [0.25, 0.3) is 0 Å². The summed E-state index contributed by atoms with van der Waals surface area (Å²) in [6, 6.07) is 7.45. The highest BCUT2D eigenvalue weighted by molar-refractivity contribution is 7.18. The van der Waals surface area contributed by atoms with Crippen molar-refractivity contribution in [1.82, 2.24) is 10.3 Å². The second-order valence-electron chi connectivity index (χ2n) is 4.97. The summed E-state index contributed by atoms with van der Waals surface area (Å²) in [5.41, 5.74) is 6.12. The number of primary amides is 1. The molecular formula is C15H19N3O2S. The van der Waals surface area contributed by atoms with Crippen molar-refractivity contribution in [3.05, 3.63) is 29.3 Å². The number of aromatic nitrogens is 1. The van der Waals surface area contributed by atoms with Crippen molar-refractivity contribution in [2.75, 3.05) is 0 Å². The van der Waals surface area contributed by atoms with Crippen LogP contribution in [0.2, 0.25) is 0 Å². The van der Waals surface area contributed by atoms with Gasteiger partial charge in [-0.2, -0.15) is 0 Å². The largest absolute Gasteiger partial charge is 0.368 e. The van der Waals surface area contributed by atoms with Crippen LogP contribution in [-0.2, 0) is 16.0 Å². The Morgan fingerprint density at radius 1 is 1.33 bits per heavy atom. The smallest absolute Gasteiger partial charge is 0.239 e. The first-order valence-electron chi connectivity index (χ1n) is 6.99. The molecular weight excluding hydrogens is 286 g/mol. The lowest BCUT2D eigenvalue weighted by molar-refractivity contribution is -0.127. The van der Waals surface area contributed by atoms with E-state index in [2.05, 4.69) is 16.4 Å². The Labute approximate surface area is 127 Å². The Kier molecular flexibility index (Phi) is 5.27. The van der Waals surface area contributed by atoms with Crippen LogP contribution in [0.5, 0.6) is 0 Å². The van der Waals surface area contributed by atoms with E-state index in [1.54, 1.807) is 18.3 Å². The van der Waals surface area contributed by atoms with Crippen LogP contribution in [0, 0.1) is 0 Å². The second-order valence-corrected chi connectivity index (χ2v) is 6.09. The van der Waals surface area contributed by atoms with Crippen LogP contribution in [0.25, 0.3) is 10.2 Å². The van der Waals surface area contributed by atoms with Gasteiger partial charge in [0.2, 0.25) is 11.8 Å². The summed E-state index contributed by atoms with van der Waals surface area (Å²) < 4.78 is 1.19. The molecule has 0 aliphatic carbocycles. The number of carbonyl (C=O) groups excluding carboxylic acids is 2. The summed E-state index contributed by atoms with van der Waals surface area (Å²) in [6.07, 6.45) is 2.95. The van der Waals surface area contributed by atoms with Gasteiger partial charge in [-0.25, -0.2) is 4.98 Å². The first-order chi connectivity index (χ1) is 10.1. The molecule has 3 N–H and O–H groups in total. The number of thiazole rings is 1. The van der Waals surface area contributed by atoms with Gasteiger partial charge in [0.15, 0.2) is 0 Å². The predicted molar refractivity (Wildman–Crippen MR) is 84.0 cm³/mol. The molecule has 21 heavy (non-hydrogen) atoms. The molecule has 1 aromatic heterocycles. The van der Waals surface area contributed by atoms with Gasteiger partial charge in [-0.1, -0.05) is 12.1 Å². The maximum Gasteiger partial charge on any atom is 0.239 e. The third kappa shape index (κ3) is 4.53. The topological polar surface area (TPSA) is 85.1 Å². The number of nitrogens with two attached hydrogens (primary N) is 1. The second kappa shape index (κ2) is 7.17. The van der Waals surface area contributed by atoms with Crippen LogP contribution < -0.4 is 11.1 Å². The molecule has 5 nitrogen and oxygen atoms in total. The Bertz CT molecular complexity index is 606. The van der Waals surface area contributed by atoms with E-state index in [9.17, 15) is 9.59 Å². The number of amides is 2. The van der Waals surface area contributed by atoms with E-state index in [1.165, 1.54) is 4.70 Å². The number of rotatable bonds is 7. The molecule has 0 spiro atoms. The van der Waals surface area contributed by atoms with Crippen LogP contribution >= 0.6 is 11.3 Å². The Balaban J connectivity index is 1.72. The minimum Gasteiger partial charge on any atom is -0.368 e. The van der Waals surface area contributed by atoms with Crippen LogP contribution in [0.4, 0.5) is 0 Å². The van der Waals surface area contributed by atoms with Crippen LogP contribution in [0.1, 0.15) is 31.2 Å². The first-order valence-corrected chi connectivity index (χ1v) is 7.81. The zero-order chi connectivity index (χ0) is 15.2. The van der Waals surface area contributed by atoms with Crippen molar-refractivity contribution >= 4 is 33.4 Å². The van der Waals surface area contributed by atoms with Gasteiger partial charge in [-0.05, 0) is 38.3 Å². The minimum absolute atomic E-state index is 0.134. The number of unbranched alkanes of at least 4 members (excludes halogenated alkanes) is 1. The molecule has 1 aromatic carbocycles. The van der Waals surface area contributed by atoms with Gasteiger partial charge in [0.1, 0.15) is 6.04 Å². The molecule has 0 fully saturated rings. The Morgan fingerprint density at radius 3 is 2.81 bits per heavy atom. The summed E-state index contributed by atoms with van der Waals surface area (Å²) in [6.45, 7) is 1.58. The molecule has 6 heteroatoms. The van der Waals surface area contributed by atoms with Gasteiger partial charge in [-0.3, -0.25) is 9.59 Å². The molecule has 0 aliphatic rings. The van der Waals surface area contributed by atoms with Crippen molar-refractivity contribution < 1.29 is 9.59 Å². The fraction of sp³-hybridized carbons (Fsp3) is 0.400. The molecule has 0 saturated heterocycles. The number of hydrogen-bond acceptors (Lipinski definition) is 4. The maximum atomic E-state index is 11.6. The molecule has 2 amide bonds. The minimum atomic E-state index is -0.609. The van der Waals surface area contributed by atoms with Crippen molar-refractivity contribution in [3.63, 3.8) is 0 Å². The summed E-state index contributed by atoms with van der Waals surface area (Å²) in [5.74, 6) is -0.650. The van der Waals surface area contributed by atoms with Crippen LogP contribution in [0.15, 0.2) is 24.3 Å². The number of hydrogen-bond donors (Lipinski definition) is 2. The third-order valence-corrected chi connectivity index (χ3v) is 4.28. The van der Waals surface area contributed by atoms with Gasteiger partial charge in [0.05, 0.1) is 15.2 Å². The third-order valence-electron chi connectivity index (χ3n) is 3.19. The molecule has 0 aliphatic heterocycles.